The Morgan fingerprint density at radius 1 is 0.786 bits per heavy atom. The Morgan fingerprint density at radius 2 is 1.25 bits per heavy atom. The summed E-state index contributed by atoms with van der Waals surface area (Å²) in [6.45, 7) is 2.26. The van der Waals surface area contributed by atoms with Crippen LogP contribution in [0.1, 0.15) is 96.8 Å². The lowest BCUT2D eigenvalue weighted by molar-refractivity contribution is -0.137. The van der Waals surface area contributed by atoms with Gasteiger partial charge >= 0.3 is 5.97 Å². The van der Waals surface area contributed by atoms with E-state index in [1.807, 2.05) is 0 Å². The second-order valence-electron chi connectivity index (χ2n) is 7.25. The van der Waals surface area contributed by atoms with Crippen LogP contribution >= 0.6 is 0 Å². The number of aromatic hydroxyl groups is 2. The first-order chi connectivity index (χ1) is 13.6. The van der Waals surface area contributed by atoms with E-state index in [4.69, 9.17) is 15.3 Å². The zero-order chi connectivity index (χ0) is 20.9. The first-order valence-corrected chi connectivity index (χ1v) is 10.9. The molecule has 0 aliphatic heterocycles. The second kappa shape index (κ2) is 19.8. The topological polar surface area (TPSA) is 77.8 Å². The van der Waals surface area contributed by atoms with Crippen LogP contribution in [0.15, 0.2) is 36.4 Å². The van der Waals surface area contributed by atoms with Crippen molar-refractivity contribution in [1.82, 2.24) is 0 Å². The van der Waals surface area contributed by atoms with Crippen LogP contribution < -0.4 is 0 Å². The lowest BCUT2D eigenvalue weighted by Crippen LogP contribution is -1.93. The lowest BCUT2D eigenvalue weighted by Gasteiger charge is -1.99. The van der Waals surface area contributed by atoms with Gasteiger partial charge in [-0.25, -0.2) is 0 Å². The first-order valence-electron chi connectivity index (χ1n) is 10.9. The van der Waals surface area contributed by atoms with Crippen molar-refractivity contribution in [3.8, 4) is 11.5 Å². The highest BCUT2D eigenvalue weighted by Gasteiger charge is 1.95. The molecule has 1 aromatic rings. The molecule has 0 bridgehead atoms. The predicted molar refractivity (Wildman–Crippen MR) is 117 cm³/mol. The Balaban J connectivity index is 0.000000749. The molecule has 0 radical (unpaired) electrons. The van der Waals surface area contributed by atoms with Crippen LogP contribution in [0.4, 0.5) is 0 Å². The fraction of sp³-hybridized carbons (Fsp3) is 0.625. The number of carboxylic acid groups (broad SMARTS) is 1. The number of phenolic OH excluding ortho intramolecular Hbond substituents is 2. The van der Waals surface area contributed by atoms with Crippen LogP contribution in [0, 0.1) is 0 Å². The van der Waals surface area contributed by atoms with Crippen LogP contribution in [0.2, 0.25) is 0 Å². The van der Waals surface area contributed by atoms with Gasteiger partial charge in [-0.1, -0.05) is 76.5 Å². The molecule has 28 heavy (non-hydrogen) atoms. The Hall–Kier alpha value is -1.97. The summed E-state index contributed by atoms with van der Waals surface area (Å²) in [6, 6.07) is 5.85. The van der Waals surface area contributed by atoms with Gasteiger partial charge in [-0.15, -0.1) is 0 Å². The molecule has 0 atom stereocenters. The molecule has 3 N–H and O–H groups in total. The molecule has 0 amide bonds. The molecule has 4 heteroatoms. The average molecular weight is 393 g/mol. The van der Waals surface area contributed by atoms with Crippen LogP contribution in [0.3, 0.4) is 0 Å². The number of aliphatic carboxylic acids is 1. The van der Waals surface area contributed by atoms with Gasteiger partial charge in [0.05, 0.1) is 0 Å². The van der Waals surface area contributed by atoms with Crippen molar-refractivity contribution in [2.45, 2.75) is 96.8 Å². The number of phenols is 2. The van der Waals surface area contributed by atoms with Gasteiger partial charge in [0.25, 0.3) is 0 Å². The van der Waals surface area contributed by atoms with Gasteiger partial charge in [0.2, 0.25) is 0 Å². The van der Waals surface area contributed by atoms with Gasteiger partial charge < -0.3 is 15.3 Å². The third-order valence-electron chi connectivity index (χ3n) is 4.48. The molecular formula is C24H40O4. The average Bonchev–Trinajstić information content (AvgIpc) is 2.65. The summed E-state index contributed by atoms with van der Waals surface area (Å²) in [5.41, 5.74) is 0. The number of carbonyl (C=O) groups is 1. The number of unbranched alkanes of at least 4 members (excludes halogenated alkanes) is 11. The Bertz CT molecular complexity index is 494. The maximum absolute atomic E-state index is 10.3. The van der Waals surface area contributed by atoms with E-state index in [9.17, 15) is 4.79 Å². The smallest absolute Gasteiger partial charge is 0.303 e. The number of allylic oxidation sites excluding steroid dienone is 2. The van der Waals surface area contributed by atoms with E-state index in [1.165, 1.54) is 88.8 Å². The van der Waals surface area contributed by atoms with Crippen LogP contribution in [0.5, 0.6) is 11.5 Å². The minimum absolute atomic E-state index is 0.0880. The molecule has 1 rings (SSSR count). The fourth-order valence-corrected chi connectivity index (χ4v) is 2.84. The van der Waals surface area contributed by atoms with Gasteiger partial charge in [-0.05, 0) is 44.2 Å². The van der Waals surface area contributed by atoms with E-state index < -0.39 is 5.97 Å². The molecule has 0 fully saturated rings. The third-order valence-corrected chi connectivity index (χ3v) is 4.48. The van der Waals surface area contributed by atoms with Gasteiger partial charge in [0.1, 0.15) is 11.5 Å². The quantitative estimate of drug-likeness (QED) is 0.218. The van der Waals surface area contributed by atoms with Gasteiger partial charge in [0.15, 0.2) is 0 Å². The van der Waals surface area contributed by atoms with Crippen molar-refractivity contribution in [1.29, 1.82) is 0 Å². The highest BCUT2D eigenvalue weighted by molar-refractivity contribution is 5.66. The molecule has 4 nitrogen and oxygen atoms in total. The maximum atomic E-state index is 10.3. The molecule has 0 unspecified atom stereocenters. The second-order valence-corrected chi connectivity index (χ2v) is 7.25. The molecule has 0 spiro atoms. The molecule has 0 aromatic heterocycles. The predicted octanol–water partition coefficient (Wildman–Crippen LogP) is 7.21. The normalized spacial score (nSPS) is 10.6. The summed E-state index contributed by atoms with van der Waals surface area (Å²) < 4.78 is 0. The number of hydrogen-bond donors (Lipinski definition) is 3. The minimum atomic E-state index is -0.664. The summed E-state index contributed by atoms with van der Waals surface area (Å²) in [5, 5.41) is 25.8. The van der Waals surface area contributed by atoms with Gasteiger partial charge in [-0.3, -0.25) is 4.79 Å². The van der Waals surface area contributed by atoms with Crippen LogP contribution in [0.25, 0.3) is 0 Å². The molecule has 0 aliphatic rings. The van der Waals surface area contributed by atoms with Crippen molar-refractivity contribution in [2.24, 2.45) is 0 Å². The zero-order valence-corrected chi connectivity index (χ0v) is 17.6. The van der Waals surface area contributed by atoms with E-state index in [0.29, 0.717) is 6.42 Å². The number of carboxylic acids is 1. The SMILES string of the molecule is CCCCCCCC/C=C\CCCCCCCC(=O)O.Oc1cccc(O)c1. The van der Waals surface area contributed by atoms with Crippen molar-refractivity contribution in [3.05, 3.63) is 36.4 Å². The number of hydrogen-bond acceptors (Lipinski definition) is 3. The van der Waals surface area contributed by atoms with Gasteiger partial charge in [-0.2, -0.15) is 0 Å². The molecule has 0 saturated carbocycles. The van der Waals surface area contributed by atoms with E-state index in [1.54, 1.807) is 6.07 Å². The van der Waals surface area contributed by atoms with E-state index in [-0.39, 0.29) is 11.5 Å². The van der Waals surface area contributed by atoms with E-state index in [0.717, 1.165) is 12.8 Å². The number of benzene rings is 1. The Morgan fingerprint density at radius 3 is 1.68 bits per heavy atom. The molecule has 160 valence electrons. The summed E-state index contributed by atoms with van der Waals surface area (Å²) in [5.74, 6) is -0.488. The van der Waals surface area contributed by atoms with Crippen molar-refractivity contribution in [2.75, 3.05) is 0 Å². The monoisotopic (exact) mass is 392 g/mol. The highest BCUT2D eigenvalue weighted by Crippen LogP contribution is 2.15. The summed E-state index contributed by atoms with van der Waals surface area (Å²) in [6.07, 6.45) is 21.2. The Labute approximate surface area is 171 Å². The maximum Gasteiger partial charge on any atom is 0.303 e. The molecule has 0 aliphatic carbocycles. The first kappa shape index (κ1) is 26.0. The molecule has 1 aromatic carbocycles. The fourth-order valence-electron chi connectivity index (χ4n) is 2.84. The van der Waals surface area contributed by atoms with E-state index in [2.05, 4.69) is 19.1 Å². The molecule has 0 heterocycles. The van der Waals surface area contributed by atoms with Crippen LogP contribution in [-0.4, -0.2) is 21.3 Å². The molecular weight excluding hydrogens is 352 g/mol. The lowest BCUT2D eigenvalue weighted by atomic mass is 10.1. The van der Waals surface area contributed by atoms with Crippen molar-refractivity contribution in [3.63, 3.8) is 0 Å². The largest absolute Gasteiger partial charge is 0.508 e. The summed E-state index contributed by atoms with van der Waals surface area (Å²) in [4.78, 5) is 10.3. The minimum Gasteiger partial charge on any atom is -0.508 e. The van der Waals surface area contributed by atoms with Crippen LogP contribution in [-0.2, 0) is 4.79 Å². The molecule has 0 saturated heterocycles. The van der Waals surface area contributed by atoms with Crippen molar-refractivity contribution >= 4 is 5.97 Å². The highest BCUT2D eigenvalue weighted by atomic mass is 16.4. The number of rotatable bonds is 15. The standard InChI is InChI=1S/C18H34O2.C6H6O2/c1-2-3-4-5-6-7-8-9-10-11-12-13-14-15-16-17-18(19)20;7-5-2-1-3-6(8)4-5/h9-10H,2-8,11-17H2,1H3,(H,19,20);1-4,7-8H/b10-9-;. The summed E-state index contributed by atoms with van der Waals surface area (Å²) in [7, 11) is 0. The van der Waals surface area contributed by atoms with Crippen molar-refractivity contribution < 1.29 is 20.1 Å². The van der Waals surface area contributed by atoms with E-state index >= 15 is 0 Å². The summed E-state index contributed by atoms with van der Waals surface area (Å²) >= 11 is 0. The zero-order valence-electron chi connectivity index (χ0n) is 17.6. The Kier molecular flexibility index (Phi) is 18.4. The third kappa shape index (κ3) is 20.3. The van der Waals surface area contributed by atoms with Gasteiger partial charge in [0, 0.05) is 12.5 Å².